The van der Waals surface area contributed by atoms with Crippen molar-refractivity contribution in [3.63, 3.8) is 0 Å². The van der Waals surface area contributed by atoms with Gasteiger partial charge in [-0.25, -0.2) is 4.79 Å². The molecule has 0 spiro atoms. The third kappa shape index (κ3) is 1.84. The zero-order valence-electron chi connectivity index (χ0n) is 6.12. The van der Waals surface area contributed by atoms with E-state index in [1.54, 1.807) is 0 Å². The zero-order valence-corrected chi connectivity index (χ0v) is 6.12. The van der Waals surface area contributed by atoms with E-state index in [4.69, 9.17) is 15.7 Å². The molecule has 2 atom stereocenters. The number of carbonyl (C=O) groups excluding carboxylic acids is 1. The van der Waals surface area contributed by atoms with E-state index in [-0.39, 0.29) is 12.0 Å². The molecule has 60 valence electrons. The quantitative estimate of drug-likeness (QED) is 0.606. The second-order valence-corrected chi connectivity index (χ2v) is 2.64. The van der Waals surface area contributed by atoms with E-state index in [0.29, 0.717) is 0 Å². The minimum Gasteiger partial charge on any atom is -0.445 e. The number of rotatable bonds is 1. The lowest BCUT2D eigenvalue weighted by Gasteiger charge is -2.11. The molecule has 0 aromatic carbocycles. The van der Waals surface area contributed by atoms with Crippen LogP contribution in [-0.2, 0) is 4.74 Å². The van der Waals surface area contributed by atoms with Crippen LogP contribution in [0.3, 0.4) is 0 Å². The van der Waals surface area contributed by atoms with Gasteiger partial charge >= 0.3 is 6.09 Å². The Balaban J connectivity index is 2.45. The maximum Gasteiger partial charge on any atom is 0.404 e. The van der Waals surface area contributed by atoms with E-state index >= 15 is 0 Å². The SMILES string of the molecule is N#CC1CCCC1OC(N)=O. The van der Waals surface area contributed by atoms with Crippen molar-refractivity contribution in [2.45, 2.75) is 25.4 Å². The Bertz CT molecular complexity index is 197. The van der Waals surface area contributed by atoms with Gasteiger partial charge in [0.15, 0.2) is 0 Å². The lowest BCUT2D eigenvalue weighted by Crippen LogP contribution is -2.24. The van der Waals surface area contributed by atoms with Crippen molar-refractivity contribution < 1.29 is 9.53 Å². The molecule has 4 nitrogen and oxygen atoms in total. The Morgan fingerprint density at radius 2 is 2.36 bits per heavy atom. The fourth-order valence-corrected chi connectivity index (χ4v) is 1.36. The normalized spacial score (nSPS) is 29.4. The van der Waals surface area contributed by atoms with Crippen LogP contribution in [-0.4, -0.2) is 12.2 Å². The lowest BCUT2D eigenvalue weighted by molar-refractivity contribution is 0.0960. The summed E-state index contributed by atoms with van der Waals surface area (Å²) in [6, 6.07) is 2.09. The van der Waals surface area contributed by atoms with Crippen molar-refractivity contribution in [2.75, 3.05) is 0 Å². The molecule has 0 aromatic rings. The molecule has 4 heteroatoms. The molecule has 2 unspecified atom stereocenters. The minimum absolute atomic E-state index is 0.150. The van der Waals surface area contributed by atoms with Crippen molar-refractivity contribution in [1.82, 2.24) is 0 Å². The second kappa shape index (κ2) is 3.24. The molecule has 0 bridgehead atoms. The molecule has 1 rings (SSSR count). The lowest BCUT2D eigenvalue weighted by atomic mass is 10.1. The Hall–Kier alpha value is -1.24. The fourth-order valence-electron chi connectivity index (χ4n) is 1.36. The van der Waals surface area contributed by atoms with Gasteiger partial charge in [0.2, 0.25) is 0 Å². The van der Waals surface area contributed by atoms with Crippen molar-refractivity contribution >= 4 is 6.09 Å². The standard InChI is InChI=1S/C7H10N2O2/c8-4-5-2-1-3-6(5)11-7(9)10/h5-6H,1-3H2,(H2,9,10). The van der Waals surface area contributed by atoms with E-state index in [2.05, 4.69) is 6.07 Å². The first kappa shape index (κ1) is 7.86. The molecule has 0 aromatic heterocycles. The van der Waals surface area contributed by atoms with Crippen LogP contribution in [0.2, 0.25) is 0 Å². The van der Waals surface area contributed by atoms with Gasteiger partial charge in [0.1, 0.15) is 6.10 Å². The molecule has 1 amide bonds. The number of carbonyl (C=O) groups is 1. The highest BCUT2D eigenvalue weighted by molar-refractivity contribution is 5.64. The molecule has 0 aliphatic heterocycles. The summed E-state index contributed by atoms with van der Waals surface area (Å²) in [4.78, 5) is 10.3. The smallest absolute Gasteiger partial charge is 0.404 e. The summed E-state index contributed by atoms with van der Waals surface area (Å²) in [6.07, 6.45) is 1.47. The first-order chi connectivity index (χ1) is 5.24. The van der Waals surface area contributed by atoms with E-state index in [1.165, 1.54) is 0 Å². The maximum atomic E-state index is 10.3. The average molecular weight is 154 g/mol. The van der Waals surface area contributed by atoms with Crippen molar-refractivity contribution in [1.29, 1.82) is 5.26 Å². The predicted molar refractivity (Wildman–Crippen MR) is 37.4 cm³/mol. The molecule has 1 fully saturated rings. The summed E-state index contributed by atoms with van der Waals surface area (Å²) in [5, 5.41) is 8.57. The van der Waals surface area contributed by atoms with E-state index in [9.17, 15) is 4.79 Å². The molecular weight excluding hydrogens is 144 g/mol. The number of hydrogen-bond acceptors (Lipinski definition) is 3. The summed E-state index contributed by atoms with van der Waals surface area (Å²) in [7, 11) is 0. The molecule has 0 saturated heterocycles. The number of nitrogens with zero attached hydrogens (tertiary/aromatic N) is 1. The average Bonchev–Trinajstić information content (AvgIpc) is 2.34. The number of nitrogens with two attached hydrogens (primary N) is 1. The van der Waals surface area contributed by atoms with Crippen LogP contribution in [0.25, 0.3) is 0 Å². The van der Waals surface area contributed by atoms with Gasteiger partial charge in [-0.3, -0.25) is 0 Å². The van der Waals surface area contributed by atoms with Crippen LogP contribution in [0.15, 0.2) is 0 Å². The van der Waals surface area contributed by atoms with Crippen LogP contribution in [0, 0.1) is 17.2 Å². The third-order valence-corrected chi connectivity index (χ3v) is 1.89. The van der Waals surface area contributed by atoms with Crippen LogP contribution in [0.5, 0.6) is 0 Å². The largest absolute Gasteiger partial charge is 0.445 e. The van der Waals surface area contributed by atoms with Gasteiger partial charge in [0.25, 0.3) is 0 Å². The van der Waals surface area contributed by atoms with Gasteiger partial charge in [-0.05, 0) is 19.3 Å². The first-order valence-corrected chi connectivity index (χ1v) is 3.59. The molecular formula is C7H10N2O2. The Morgan fingerprint density at radius 1 is 1.64 bits per heavy atom. The summed E-state index contributed by atoms with van der Waals surface area (Å²) in [5.74, 6) is -0.150. The van der Waals surface area contributed by atoms with Gasteiger partial charge in [-0.15, -0.1) is 0 Å². The molecule has 1 aliphatic carbocycles. The van der Waals surface area contributed by atoms with Crippen LogP contribution >= 0.6 is 0 Å². The third-order valence-electron chi connectivity index (χ3n) is 1.89. The molecule has 0 radical (unpaired) electrons. The highest BCUT2D eigenvalue weighted by atomic mass is 16.6. The van der Waals surface area contributed by atoms with Gasteiger partial charge in [-0.2, -0.15) is 5.26 Å². The molecule has 0 heterocycles. The topological polar surface area (TPSA) is 76.1 Å². The Morgan fingerprint density at radius 3 is 2.91 bits per heavy atom. The number of hydrogen-bond donors (Lipinski definition) is 1. The number of amides is 1. The fraction of sp³-hybridized carbons (Fsp3) is 0.714. The number of primary amides is 1. The predicted octanol–water partition coefficient (Wildman–Crippen LogP) is 0.774. The second-order valence-electron chi connectivity index (χ2n) is 2.64. The van der Waals surface area contributed by atoms with Gasteiger partial charge in [0.05, 0.1) is 12.0 Å². The van der Waals surface area contributed by atoms with E-state index in [1.807, 2.05) is 0 Å². The molecule has 1 saturated carbocycles. The maximum absolute atomic E-state index is 10.3. The van der Waals surface area contributed by atoms with Crippen molar-refractivity contribution in [2.24, 2.45) is 11.7 Å². The van der Waals surface area contributed by atoms with Crippen LogP contribution < -0.4 is 5.73 Å². The molecule has 2 N–H and O–H groups in total. The monoisotopic (exact) mass is 154 g/mol. The Labute approximate surface area is 64.9 Å². The van der Waals surface area contributed by atoms with Crippen LogP contribution in [0.1, 0.15) is 19.3 Å². The van der Waals surface area contributed by atoms with E-state index < -0.39 is 6.09 Å². The first-order valence-electron chi connectivity index (χ1n) is 3.59. The summed E-state index contributed by atoms with van der Waals surface area (Å²) in [5.41, 5.74) is 4.82. The van der Waals surface area contributed by atoms with Crippen molar-refractivity contribution in [3.8, 4) is 6.07 Å². The molecule has 1 aliphatic rings. The highest BCUT2D eigenvalue weighted by Crippen LogP contribution is 2.27. The number of nitriles is 1. The van der Waals surface area contributed by atoms with Crippen LogP contribution in [0.4, 0.5) is 4.79 Å². The van der Waals surface area contributed by atoms with Gasteiger partial charge in [0, 0.05) is 0 Å². The summed E-state index contributed by atoms with van der Waals surface area (Å²) in [6.45, 7) is 0. The zero-order chi connectivity index (χ0) is 8.27. The number of ether oxygens (including phenoxy) is 1. The van der Waals surface area contributed by atoms with Crippen molar-refractivity contribution in [3.05, 3.63) is 0 Å². The van der Waals surface area contributed by atoms with E-state index in [0.717, 1.165) is 19.3 Å². The summed E-state index contributed by atoms with van der Waals surface area (Å²) >= 11 is 0. The minimum atomic E-state index is -0.780. The summed E-state index contributed by atoms with van der Waals surface area (Å²) < 4.78 is 4.73. The van der Waals surface area contributed by atoms with Gasteiger partial charge in [-0.1, -0.05) is 0 Å². The highest BCUT2D eigenvalue weighted by Gasteiger charge is 2.29. The molecule has 11 heavy (non-hydrogen) atoms. The van der Waals surface area contributed by atoms with Gasteiger partial charge < -0.3 is 10.5 Å². The Kier molecular flexibility index (Phi) is 2.32.